The summed E-state index contributed by atoms with van der Waals surface area (Å²) in [6.45, 7) is 0. The Morgan fingerprint density at radius 3 is 1.68 bits per heavy atom. The van der Waals surface area contributed by atoms with E-state index in [2.05, 4.69) is 14.9 Å². The van der Waals surface area contributed by atoms with E-state index in [1.54, 1.807) is 0 Å². The molecule has 34 heavy (non-hydrogen) atoms. The van der Waals surface area contributed by atoms with Gasteiger partial charge in [0.2, 0.25) is 4.80 Å². The van der Waals surface area contributed by atoms with Gasteiger partial charge in [-0.25, -0.2) is 8.52 Å². The van der Waals surface area contributed by atoms with Gasteiger partial charge in [0.1, 0.15) is 0 Å². The highest BCUT2D eigenvalue weighted by Gasteiger charge is 2.22. The van der Waals surface area contributed by atoms with Crippen LogP contribution in [-0.4, -0.2) is 8.94 Å². The molecule has 0 saturated carbocycles. The van der Waals surface area contributed by atoms with E-state index in [0.717, 1.165) is 17.1 Å². The second-order valence-electron chi connectivity index (χ2n) is 7.44. The van der Waals surface area contributed by atoms with Gasteiger partial charge in [0.25, 0.3) is 0 Å². The van der Waals surface area contributed by atoms with Crippen molar-refractivity contribution in [3.8, 4) is 17.1 Å². The zero-order valence-electron chi connectivity index (χ0n) is 18.2. The van der Waals surface area contributed by atoms with Gasteiger partial charge < -0.3 is 10.2 Å². The molecule has 4 aromatic carbocycles. The quantitative estimate of drug-likeness (QED) is 0.249. The van der Waals surface area contributed by atoms with Crippen LogP contribution in [0, 0.1) is 0 Å². The summed E-state index contributed by atoms with van der Waals surface area (Å²) in [6, 6.07) is 38.7. The molecule has 0 radical (unpaired) electrons. The van der Waals surface area contributed by atoms with Crippen molar-refractivity contribution in [2.75, 3.05) is 10.2 Å². The number of anilines is 2. The summed E-state index contributed by atoms with van der Waals surface area (Å²) in [5.41, 5.74) is 3.32. The average Bonchev–Trinajstić information content (AvgIpc) is 3.29. The summed E-state index contributed by atoms with van der Waals surface area (Å²) in [5.74, 6) is 0.738. The average molecular weight is 484 g/mol. The largest absolute Gasteiger partial charge is 0.376 e. The third-order valence-corrected chi connectivity index (χ3v) is 7.57. The molecular weight excluding hydrogens is 461 g/mol. The first kappa shape index (κ1) is 21.9. The molecule has 0 fully saturated rings. The predicted octanol–water partition coefficient (Wildman–Crippen LogP) is 6.83. The second kappa shape index (κ2) is 9.91. The second-order valence-corrected chi connectivity index (χ2v) is 10.1. The number of nitrogens with zero attached hydrogens (tertiary/aromatic N) is 3. The number of para-hydroxylation sites is 3. The molecule has 0 bridgehead atoms. The summed E-state index contributed by atoms with van der Waals surface area (Å²) >= 11 is 1.34. The predicted molar refractivity (Wildman–Crippen MR) is 140 cm³/mol. The van der Waals surface area contributed by atoms with E-state index in [0.29, 0.717) is 16.2 Å². The highest BCUT2D eigenvalue weighted by atomic mass is 32.1. The molecule has 0 spiro atoms. The fraction of sp³-hybridized carbons (Fsp3) is 0. The summed E-state index contributed by atoms with van der Waals surface area (Å²) in [6.07, 6.45) is 0. The van der Waals surface area contributed by atoms with Crippen LogP contribution in [0.3, 0.4) is 0 Å². The summed E-state index contributed by atoms with van der Waals surface area (Å²) in [5, 5.41) is 6.19. The molecule has 0 aliphatic carbocycles. The maximum Gasteiger partial charge on any atom is 0.376 e. The van der Waals surface area contributed by atoms with Crippen LogP contribution >= 0.6 is 19.1 Å². The normalized spacial score (nSPS) is 11.8. The Labute approximate surface area is 202 Å². The van der Waals surface area contributed by atoms with E-state index in [4.69, 9.17) is 4.98 Å². The maximum atomic E-state index is 14.1. The van der Waals surface area contributed by atoms with Crippen molar-refractivity contribution in [2.24, 2.45) is 4.76 Å². The third kappa shape index (κ3) is 5.17. The number of hydrogen-bond acceptors (Lipinski definition) is 3. The molecule has 2 N–H and O–H groups in total. The molecule has 168 valence electrons. The minimum absolute atomic E-state index is 0.401. The Hall–Kier alpha value is -3.93. The molecule has 0 saturated heterocycles. The minimum Gasteiger partial charge on any atom is -0.303 e. The monoisotopic (exact) mass is 483 g/mol. The molecule has 5 rings (SSSR count). The van der Waals surface area contributed by atoms with E-state index in [1.807, 2.05) is 125 Å². The van der Waals surface area contributed by atoms with Gasteiger partial charge in [0, 0.05) is 16.9 Å². The number of benzene rings is 4. The molecule has 1 aromatic heterocycles. The van der Waals surface area contributed by atoms with Crippen LogP contribution in [0.25, 0.3) is 17.1 Å². The summed E-state index contributed by atoms with van der Waals surface area (Å²) in [4.78, 5) is 5.19. The van der Waals surface area contributed by atoms with Gasteiger partial charge >= 0.3 is 7.59 Å². The van der Waals surface area contributed by atoms with Crippen molar-refractivity contribution >= 4 is 30.5 Å². The first-order valence-corrected chi connectivity index (χ1v) is 13.2. The summed E-state index contributed by atoms with van der Waals surface area (Å²) in [7, 11) is -3.52. The Morgan fingerprint density at radius 1 is 0.676 bits per heavy atom. The number of hydrogen-bond donors (Lipinski definition) is 2. The fourth-order valence-electron chi connectivity index (χ4n) is 3.40. The van der Waals surface area contributed by atoms with Crippen molar-refractivity contribution in [3.05, 3.63) is 126 Å². The van der Waals surface area contributed by atoms with Crippen molar-refractivity contribution in [1.29, 1.82) is 0 Å². The van der Waals surface area contributed by atoms with Crippen LogP contribution in [-0.2, 0) is 4.57 Å². The minimum atomic E-state index is -3.52. The topological polar surface area (TPSA) is 71.3 Å². The van der Waals surface area contributed by atoms with E-state index in [1.165, 1.54) is 11.5 Å². The van der Waals surface area contributed by atoms with Gasteiger partial charge in [-0.3, -0.25) is 0 Å². The van der Waals surface area contributed by atoms with Crippen molar-refractivity contribution in [3.63, 3.8) is 0 Å². The van der Waals surface area contributed by atoms with Gasteiger partial charge in [-0.15, -0.1) is 0 Å². The molecule has 5 aromatic rings. The van der Waals surface area contributed by atoms with Gasteiger partial charge in [0.05, 0.1) is 5.69 Å². The number of aromatic nitrogens is 2. The lowest BCUT2D eigenvalue weighted by atomic mass is 10.2. The van der Waals surface area contributed by atoms with Crippen molar-refractivity contribution in [2.45, 2.75) is 0 Å². The molecule has 0 aliphatic rings. The molecule has 1 heterocycles. The summed E-state index contributed by atoms with van der Waals surface area (Å²) < 4.78 is 20.7. The van der Waals surface area contributed by atoms with Gasteiger partial charge in [-0.05, 0) is 47.9 Å². The highest BCUT2D eigenvalue weighted by Crippen LogP contribution is 2.46. The van der Waals surface area contributed by atoms with Crippen LogP contribution in [0.4, 0.5) is 11.4 Å². The van der Waals surface area contributed by atoms with Crippen LogP contribution < -0.4 is 15.0 Å². The van der Waals surface area contributed by atoms with Crippen LogP contribution in [0.15, 0.2) is 126 Å². The molecule has 0 atom stereocenters. The Morgan fingerprint density at radius 2 is 1.15 bits per heavy atom. The third-order valence-electron chi connectivity index (χ3n) is 4.92. The molecule has 0 unspecified atom stereocenters. The maximum absolute atomic E-state index is 14.1. The Kier molecular flexibility index (Phi) is 6.38. The van der Waals surface area contributed by atoms with Gasteiger partial charge in [-0.1, -0.05) is 84.9 Å². The zero-order valence-corrected chi connectivity index (χ0v) is 19.9. The van der Waals surface area contributed by atoms with Crippen LogP contribution in [0.2, 0.25) is 0 Å². The lowest BCUT2D eigenvalue weighted by Gasteiger charge is -2.17. The van der Waals surface area contributed by atoms with Crippen LogP contribution in [0.5, 0.6) is 0 Å². The fourth-order valence-corrected chi connectivity index (χ4v) is 6.08. The van der Waals surface area contributed by atoms with Crippen LogP contribution in [0.1, 0.15) is 0 Å². The van der Waals surface area contributed by atoms with Crippen molar-refractivity contribution in [1.82, 2.24) is 8.94 Å². The first-order valence-electron chi connectivity index (χ1n) is 10.7. The first-order chi connectivity index (χ1) is 16.7. The molecule has 8 heteroatoms. The lowest BCUT2D eigenvalue weighted by Crippen LogP contribution is -2.09. The van der Waals surface area contributed by atoms with E-state index in [9.17, 15) is 4.57 Å². The zero-order chi connectivity index (χ0) is 23.2. The highest BCUT2D eigenvalue weighted by molar-refractivity contribution is 7.65. The lowest BCUT2D eigenvalue weighted by molar-refractivity contribution is 0.582. The smallest absolute Gasteiger partial charge is 0.303 e. The standard InChI is InChI=1S/C26H22N5OPS/c32-33(28-22-15-7-2-8-16-22,29-23-17-9-3-10-18-23)30-26-27-25(21-13-5-1-6-14-21)31(34-26)24-19-11-4-12-20-24/h1-20H,(H2,28,29,32). The number of nitrogens with one attached hydrogen (secondary N) is 2. The van der Waals surface area contributed by atoms with E-state index in [-0.39, 0.29) is 0 Å². The Bertz CT molecular complexity index is 1360. The Balaban J connectivity index is 1.63. The van der Waals surface area contributed by atoms with Gasteiger partial charge in [0.15, 0.2) is 5.82 Å². The molecular formula is C26H22N5OPS. The number of rotatable bonds is 7. The molecule has 0 aliphatic heterocycles. The van der Waals surface area contributed by atoms with E-state index >= 15 is 0 Å². The SMILES string of the molecule is O=P(N=c1nc(-c2ccccc2)n(-c2ccccc2)s1)(Nc1ccccc1)Nc1ccccc1. The van der Waals surface area contributed by atoms with Gasteiger partial charge in [-0.2, -0.15) is 9.75 Å². The van der Waals surface area contributed by atoms with E-state index < -0.39 is 7.59 Å². The van der Waals surface area contributed by atoms with Crippen molar-refractivity contribution < 1.29 is 4.57 Å². The molecule has 0 amide bonds. The molecule has 6 nitrogen and oxygen atoms in total.